The number of sulfonamides is 1. The van der Waals surface area contributed by atoms with Crippen LogP contribution in [0.25, 0.3) is 0 Å². The van der Waals surface area contributed by atoms with Crippen LogP contribution in [-0.2, 0) is 14.8 Å². The summed E-state index contributed by atoms with van der Waals surface area (Å²) in [6.07, 6.45) is 0. The van der Waals surface area contributed by atoms with Gasteiger partial charge in [-0.2, -0.15) is 4.31 Å². The molecule has 8 heteroatoms. The van der Waals surface area contributed by atoms with E-state index in [4.69, 9.17) is 23.2 Å². The van der Waals surface area contributed by atoms with Crippen molar-refractivity contribution in [1.82, 2.24) is 4.31 Å². The van der Waals surface area contributed by atoms with Crippen molar-refractivity contribution < 1.29 is 13.2 Å². The molecule has 122 valence electrons. The molecular weight excluding hydrogens is 359 g/mol. The molecule has 0 aliphatic heterocycles. The van der Waals surface area contributed by atoms with Crippen molar-refractivity contribution in [1.29, 1.82) is 0 Å². The summed E-state index contributed by atoms with van der Waals surface area (Å²) in [7, 11) is -2.37. The summed E-state index contributed by atoms with van der Waals surface area (Å²) in [5.74, 6) is -0.481. The van der Waals surface area contributed by atoms with E-state index in [-0.39, 0.29) is 11.4 Å². The minimum Gasteiger partial charge on any atom is -0.325 e. The summed E-state index contributed by atoms with van der Waals surface area (Å²) in [4.78, 5) is 12.1. The number of anilines is 1. The number of halogens is 2. The number of likely N-dealkylation sites (N-methyl/N-ethyl adjacent to an activating group) is 1. The second-order valence-electron chi connectivity index (χ2n) is 4.75. The first-order chi connectivity index (χ1) is 10.8. The van der Waals surface area contributed by atoms with E-state index in [1.54, 1.807) is 30.3 Å². The van der Waals surface area contributed by atoms with Gasteiger partial charge >= 0.3 is 0 Å². The molecular formula is C15H14Cl2N2O3S. The molecule has 0 fully saturated rings. The standard InChI is InChI=1S/C15H14Cl2N2O3S/c1-19(23(21,22)12-5-3-2-4-6-12)10-15(20)18-11-7-8-13(16)14(17)9-11/h2-9H,10H2,1H3,(H,18,20). The second-order valence-corrected chi connectivity index (χ2v) is 7.61. The third kappa shape index (κ3) is 4.45. The number of carbonyl (C=O) groups is 1. The predicted molar refractivity (Wildman–Crippen MR) is 91.3 cm³/mol. The summed E-state index contributed by atoms with van der Waals surface area (Å²) in [5, 5.41) is 3.25. The van der Waals surface area contributed by atoms with Gasteiger partial charge in [-0.25, -0.2) is 8.42 Å². The van der Waals surface area contributed by atoms with Gasteiger partial charge < -0.3 is 5.32 Å². The first kappa shape index (κ1) is 17.7. The Morgan fingerprint density at radius 2 is 1.74 bits per heavy atom. The van der Waals surface area contributed by atoms with E-state index in [1.807, 2.05) is 0 Å². The monoisotopic (exact) mass is 372 g/mol. The van der Waals surface area contributed by atoms with E-state index in [2.05, 4.69) is 5.32 Å². The molecule has 23 heavy (non-hydrogen) atoms. The molecule has 0 saturated heterocycles. The number of rotatable bonds is 5. The van der Waals surface area contributed by atoms with Gasteiger partial charge in [-0.1, -0.05) is 41.4 Å². The van der Waals surface area contributed by atoms with E-state index < -0.39 is 15.9 Å². The van der Waals surface area contributed by atoms with Gasteiger partial charge in [-0.3, -0.25) is 4.79 Å². The molecule has 0 heterocycles. The van der Waals surface area contributed by atoms with Gasteiger partial charge in [0.15, 0.2) is 0 Å². The van der Waals surface area contributed by atoms with Crippen LogP contribution in [0.15, 0.2) is 53.4 Å². The highest BCUT2D eigenvalue weighted by Crippen LogP contribution is 2.25. The first-order valence-corrected chi connectivity index (χ1v) is 8.76. The van der Waals surface area contributed by atoms with Crippen LogP contribution in [-0.4, -0.2) is 32.2 Å². The maximum atomic E-state index is 12.3. The first-order valence-electron chi connectivity index (χ1n) is 6.57. The summed E-state index contributed by atoms with van der Waals surface area (Å²) in [6.45, 7) is -0.322. The molecule has 5 nitrogen and oxygen atoms in total. The molecule has 1 amide bonds. The molecule has 0 bridgehead atoms. The SMILES string of the molecule is CN(CC(=O)Nc1ccc(Cl)c(Cl)c1)S(=O)(=O)c1ccccc1. The van der Waals surface area contributed by atoms with Gasteiger partial charge in [-0.15, -0.1) is 0 Å². The molecule has 0 atom stereocenters. The zero-order valence-electron chi connectivity index (χ0n) is 12.2. The Morgan fingerprint density at radius 1 is 1.09 bits per heavy atom. The summed E-state index contributed by atoms with van der Waals surface area (Å²) in [5.41, 5.74) is 0.440. The van der Waals surface area contributed by atoms with Crippen molar-refractivity contribution in [2.24, 2.45) is 0 Å². The van der Waals surface area contributed by atoms with E-state index >= 15 is 0 Å². The van der Waals surface area contributed by atoms with E-state index in [1.165, 1.54) is 25.2 Å². The fraction of sp³-hybridized carbons (Fsp3) is 0.133. The molecule has 0 spiro atoms. The van der Waals surface area contributed by atoms with Crippen molar-refractivity contribution in [3.8, 4) is 0 Å². The van der Waals surface area contributed by atoms with Gasteiger partial charge in [0.25, 0.3) is 0 Å². The van der Waals surface area contributed by atoms with Crippen molar-refractivity contribution in [3.63, 3.8) is 0 Å². The summed E-state index contributed by atoms with van der Waals surface area (Å²) >= 11 is 11.7. The molecule has 0 aliphatic rings. The Balaban J connectivity index is 2.06. The van der Waals surface area contributed by atoms with Crippen molar-refractivity contribution in [2.45, 2.75) is 4.90 Å². The Bertz CT molecular complexity index is 811. The topological polar surface area (TPSA) is 66.5 Å². The molecule has 2 aromatic carbocycles. The van der Waals surface area contributed by atoms with Crippen LogP contribution in [0.2, 0.25) is 10.0 Å². The molecule has 0 saturated carbocycles. The molecule has 1 N–H and O–H groups in total. The summed E-state index contributed by atoms with van der Waals surface area (Å²) in [6, 6.07) is 12.5. The Labute approximate surface area is 144 Å². The molecule has 0 radical (unpaired) electrons. The van der Waals surface area contributed by atoms with Crippen molar-refractivity contribution >= 4 is 44.8 Å². The van der Waals surface area contributed by atoms with Crippen molar-refractivity contribution in [2.75, 3.05) is 18.9 Å². The van der Waals surface area contributed by atoms with Gasteiger partial charge in [0, 0.05) is 12.7 Å². The highest BCUT2D eigenvalue weighted by molar-refractivity contribution is 7.89. The lowest BCUT2D eigenvalue weighted by Crippen LogP contribution is -2.34. The Morgan fingerprint density at radius 3 is 2.35 bits per heavy atom. The quantitative estimate of drug-likeness (QED) is 0.875. The minimum atomic E-state index is -3.72. The molecule has 0 aliphatic carbocycles. The smallest absolute Gasteiger partial charge is 0.243 e. The lowest BCUT2D eigenvalue weighted by molar-refractivity contribution is -0.116. The van der Waals surface area contributed by atoms with Crippen LogP contribution in [0.3, 0.4) is 0 Å². The molecule has 0 aromatic heterocycles. The average molecular weight is 373 g/mol. The molecule has 2 aromatic rings. The largest absolute Gasteiger partial charge is 0.325 e. The van der Waals surface area contributed by atoms with Crippen molar-refractivity contribution in [3.05, 3.63) is 58.6 Å². The third-order valence-corrected chi connectivity index (χ3v) is 5.58. The number of benzene rings is 2. The number of amides is 1. The van der Waals surface area contributed by atoms with Crippen LogP contribution in [0, 0.1) is 0 Å². The van der Waals surface area contributed by atoms with Crippen LogP contribution in [0.4, 0.5) is 5.69 Å². The number of hydrogen-bond donors (Lipinski definition) is 1. The average Bonchev–Trinajstić information content (AvgIpc) is 2.51. The minimum absolute atomic E-state index is 0.129. The lowest BCUT2D eigenvalue weighted by atomic mass is 10.3. The normalized spacial score (nSPS) is 11.5. The van der Waals surface area contributed by atoms with Crippen LogP contribution >= 0.6 is 23.2 Å². The van der Waals surface area contributed by atoms with Crippen LogP contribution in [0.5, 0.6) is 0 Å². The fourth-order valence-corrected chi connectivity index (χ4v) is 3.28. The fourth-order valence-electron chi connectivity index (χ4n) is 1.83. The predicted octanol–water partition coefficient (Wildman–Crippen LogP) is 3.25. The zero-order valence-corrected chi connectivity index (χ0v) is 14.5. The van der Waals surface area contributed by atoms with Gasteiger partial charge in [0.1, 0.15) is 0 Å². The van der Waals surface area contributed by atoms with E-state index in [9.17, 15) is 13.2 Å². The second kappa shape index (κ2) is 7.31. The number of nitrogens with one attached hydrogen (secondary N) is 1. The lowest BCUT2D eigenvalue weighted by Gasteiger charge is -2.17. The Hall–Kier alpha value is -1.60. The maximum Gasteiger partial charge on any atom is 0.243 e. The number of nitrogens with zero attached hydrogens (tertiary/aromatic N) is 1. The number of hydrogen-bond acceptors (Lipinski definition) is 3. The van der Waals surface area contributed by atoms with E-state index in [0.29, 0.717) is 15.7 Å². The summed E-state index contributed by atoms with van der Waals surface area (Å²) < 4.78 is 25.6. The maximum absolute atomic E-state index is 12.3. The third-order valence-electron chi connectivity index (χ3n) is 3.02. The molecule has 0 unspecified atom stereocenters. The zero-order chi connectivity index (χ0) is 17.0. The molecule has 2 rings (SSSR count). The van der Waals surface area contributed by atoms with E-state index in [0.717, 1.165) is 4.31 Å². The van der Waals surface area contributed by atoms with Crippen LogP contribution < -0.4 is 5.32 Å². The van der Waals surface area contributed by atoms with Gasteiger partial charge in [-0.05, 0) is 30.3 Å². The van der Waals surface area contributed by atoms with Gasteiger partial charge in [0.05, 0.1) is 21.5 Å². The highest BCUT2D eigenvalue weighted by atomic mass is 35.5. The number of carbonyl (C=O) groups excluding carboxylic acids is 1. The van der Waals surface area contributed by atoms with Crippen LogP contribution in [0.1, 0.15) is 0 Å². The Kier molecular flexibility index (Phi) is 5.64. The highest BCUT2D eigenvalue weighted by Gasteiger charge is 2.22. The van der Waals surface area contributed by atoms with Gasteiger partial charge in [0.2, 0.25) is 15.9 Å².